The summed E-state index contributed by atoms with van der Waals surface area (Å²) in [5.74, 6) is 1.33. The van der Waals surface area contributed by atoms with E-state index in [4.69, 9.17) is 10.00 Å². The van der Waals surface area contributed by atoms with E-state index in [0.29, 0.717) is 12.5 Å². The third kappa shape index (κ3) is 6.05. The van der Waals surface area contributed by atoms with Crippen molar-refractivity contribution in [3.63, 3.8) is 0 Å². The second-order valence-corrected chi connectivity index (χ2v) is 5.70. The molecule has 130 valence electrons. The molecule has 2 rings (SSSR count). The summed E-state index contributed by atoms with van der Waals surface area (Å²) in [6, 6.07) is 4.03. The monoisotopic (exact) mass is 330 g/mol. The molecule has 1 aromatic heterocycles. The summed E-state index contributed by atoms with van der Waals surface area (Å²) in [5, 5.41) is 17.8. The first-order valence-electron chi connectivity index (χ1n) is 8.58. The van der Waals surface area contributed by atoms with E-state index in [-0.39, 0.29) is 6.10 Å². The molecule has 0 aliphatic carbocycles. The first-order valence-corrected chi connectivity index (χ1v) is 8.58. The van der Waals surface area contributed by atoms with Crippen LogP contribution in [0.15, 0.2) is 23.3 Å². The van der Waals surface area contributed by atoms with Gasteiger partial charge in [0.25, 0.3) is 0 Å². The van der Waals surface area contributed by atoms with Gasteiger partial charge in [0.2, 0.25) is 11.8 Å². The fourth-order valence-electron chi connectivity index (χ4n) is 2.50. The number of rotatable bonds is 8. The number of nitrogens with zero attached hydrogens (tertiary/aromatic N) is 3. The molecule has 2 heterocycles. The highest BCUT2D eigenvalue weighted by molar-refractivity contribution is 5.81. The van der Waals surface area contributed by atoms with Crippen molar-refractivity contribution >= 4 is 5.96 Å². The van der Waals surface area contributed by atoms with Gasteiger partial charge in [0.1, 0.15) is 6.10 Å². The van der Waals surface area contributed by atoms with Crippen LogP contribution in [0.3, 0.4) is 0 Å². The highest BCUT2D eigenvalue weighted by Crippen LogP contribution is 2.24. The van der Waals surface area contributed by atoms with Crippen LogP contribution in [-0.2, 0) is 6.42 Å². The number of aromatic nitrogens is 1. The lowest BCUT2D eigenvalue weighted by Crippen LogP contribution is -2.38. The average molecular weight is 330 g/mol. The molecule has 0 bridgehead atoms. The smallest absolute Gasteiger partial charge is 0.216 e. The van der Waals surface area contributed by atoms with E-state index in [1.54, 1.807) is 6.20 Å². The highest BCUT2D eigenvalue weighted by atomic mass is 16.5. The molecule has 7 nitrogen and oxygen atoms in total. The Labute approximate surface area is 143 Å². The van der Waals surface area contributed by atoms with Gasteiger partial charge < -0.3 is 15.4 Å². The third-order valence-corrected chi connectivity index (χ3v) is 3.73. The van der Waals surface area contributed by atoms with Crippen molar-refractivity contribution in [1.82, 2.24) is 20.9 Å². The molecule has 1 aliphatic rings. The molecule has 1 aliphatic heterocycles. The number of hydrogen-bond acceptors (Lipinski definition) is 5. The van der Waals surface area contributed by atoms with Gasteiger partial charge in [-0.05, 0) is 38.3 Å². The van der Waals surface area contributed by atoms with Gasteiger partial charge in [0.15, 0.2) is 6.19 Å². The van der Waals surface area contributed by atoms with Crippen LogP contribution in [-0.4, -0.2) is 43.2 Å². The number of pyridine rings is 1. The number of nitriles is 1. The van der Waals surface area contributed by atoms with Crippen molar-refractivity contribution in [2.24, 2.45) is 4.99 Å². The van der Waals surface area contributed by atoms with E-state index in [9.17, 15) is 0 Å². The first kappa shape index (κ1) is 18.0. The molecule has 0 saturated heterocycles. The second-order valence-electron chi connectivity index (χ2n) is 5.70. The lowest BCUT2D eigenvalue weighted by Gasteiger charge is -2.25. The predicted molar refractivity (Wildman–Crippen MR) is 93.8 cm³/mol. The van der Waals surface area contributed by atoms with Crippen LogP contribution in [0.4, 0.5) is 0 Å². The SMILES string of the molecule is CCCN=C(NC#N)NCCCNCC1CCc2cccnc2O1. The molecule has 0 aromatic carbocycles. The fourth-order valence-corrected chi connectivity index (χ4v) is 2.50. The fraction of sp³-hybridized carbons (Fsp3) is 0.588. The van der Waals surface area contributed by atoms with Gasteiger partial charge in [0.05, 0.1) is 0 Å². The van der Waals surface area contributed by atoms with E-state index < -0.39 is 0 Å². The lowest BCUT2D eigenvalue weighted by molar-refractivity contribution is 0.162. The summed E-state index contributed by atoms with van der Waals surface area (Å²) in [4.78, 5) is 8.55. The molecule has 24 heavy (non-hydrogen) atoms. The van der Waals surface area contributed by atoms with Crippen LogP contribution in [0.25, 0.3) is 0 Å². The number of hydrogen-bond donors (Lipinski definition) is 3. The molecule has 7 heteroatoms. The van der Waals surface area contributed by atoms with Crippen molar-refractivity contribution < 1.29 is 4.74 Å². The summed E-state index contributed by atoms with van der Waals surface area (Å²) in [5.41, 5.74) is 1.20. The van der Waals surface area contributed by atoms with Crippen LogP contribution in [0.1, 0.15) is 31.7 Å². The van der Waals surface area contributed by atoms with E-state index in [2.05, 4.69) is 38.9 Å². The zero-order valence-corrected chi connectivity index (χ0v) is 14.2. The molecule has 0 amide bonds. The normalized spacial score (nSPS) is 16.7. The summed E-state index contributed by atoms with van der Waals surface area (Å²) >= 11 is 0. The zero-order chi connectivity index (χ0) is 17.0. The third-order valence-electron chi connectivity index (χ3n) is 3.73. The summed E-state index contributed by atoms with van der Waals surface area (Å²) < 4.78 is 5.90. The molecular weight excluding hydrogens is 304 g/mol. The Morgan fingerprint density at radius 1 is 1.50 bits per heavy atom. The number of ether oxygens (including phenoxy) is 1. The lowest BCUT2D eigenvalue weighted by atomic mass is 10.1. The molecular formula is C17H26N6O. The summed E-state index contributed by atoms with van der Waals surface area (Å²) in [6.07, 6.45) is 7.79. The van der Waals surface area contributed by atoms with Gasteiger partial charge in [-0.25, -0.2) is 4.98 Å². The number of guanidine groups is 1. The van der Waals surface area contributed by atoms with Gasteiger partial charge in [-0.1, -0.05) is 13.0 Å². The Morgan fingerprint density at radius 2 is 2.42 bits per heavy atom. The van der Waals surface area contributed by atoms with Crippen LogP contribution in [0, 0.1) is 11.5 Å². The second kappa shape index (κ2) is 10.4. The zero-order valence-electron chi connectivity index (χ0n) is 14.2. The van der Waals surface area contributed by atoms with Crippen LogP contribution in [0.2, 0.25) is 0 Å². The topological polar surface area (TPSA) is 94.4 Å². The van der Waals surface area contributed by atoms with Crippen molar-refractivity contribution in [1.29, 1.82) is 5.26 Å². The standard InChI is InChI=1S/C17H26N6O/c1-2-8-21-17(23-13-18)22-11-4-9-19-12-15-7-6-14-5-3-10-20-16(14)24-15/h3,5,10,15,19H,2,4,6-9,11-12H2,1H3,(H2,21,22,23). The van der Waals surface area contributed by atoms with Crippen LogP contribution in [0.5, 0.6) is 5.88 Å². The first-order chi connectivity index (χ1) is 11.8. The molecule has 1 aromatic rings. The molecule has 0 fully saturated rings. The Balaban J connectivity index is 1.58. The van der Waals surface area contributed by atoms with Crippen molar-refractivity contribution in [3.05, 3.63) is 23.9 Å². The van der Waals surface area contributed by atoms with Crippen LogP contribution >= 0.6 is 0 Å². The van der Waals surface area contributed by atoms with E-state index in [1.807, 2.05) is 12.3 Å². The molecule has 1 atom stereocenters. The predicted octanol–water partition coefficient (Wildman–Crippen LogP) is 1.18. The molecule has 0 saturated carbocycles. The van der Waals surface area contributed by atoms with Gasteiger partial charge in [-0.3, -0.25) is 10.3 Å². The quantitative estimate of drug-likeness (QED) is 0.218. The van der Waals surface area contributed by atoms with Crippen molar-refractivity contribution in [3.8, 4) is 12.1 Å². The van der Waals surface area contributed by atoms with Crippen LogP contribution < -0.4 is 20.7 Å². The Bertz CT molecular complexity index is 568. The van der Waals surface area contributed by atoms with Crippen molar-refractivity contribution in [2.75, 3.05) is 26.2 Å². The number of aryl methyl sites for hydroxylation is 1. The van der Waals surface area contributed by atoms with E-state index in [1.165, 1.54) is 5.56 Å². The number of fused-ring (bicyclic) bond motifs is 1. The maximum atomic E-state index is 8.68. The Hall–Kier alpha value is -2.33. The summed E-state index contributed by atoms with van der Waals surface area (Å²) in [6.45, 7) is 5.24. The number of nitrogens with one attached hydrogen (secondary N) is 3. The van der Waals surface area contributed by atoms with Gasteiger partial charge >= 0.3 is 0 Å². The summed E-state index contributed by atoms with van der Waals surface area (Å²) in [7, 11) is 0. The molecule has 1 unspecified atom stereocenters. The molecule has 0 radical (unpaired) electrons. The largest absolute Gasteiger partial charge is 0.473 e. The highest BCUT2D eigenvalue weighted by Gasteiger charge is 2.19. The average Bonchev–Trinajstić information content (AvgIpc) is 2.62. The van der Waals surface area contributed by atoms with Gasteiger partial charge in [0, 0.05) is 31.4 Å². The van der Waals surface area contributed by atoms with Gasteiger partial charge in [-0.15, -0.1) is 0 Å². The van der Waals surface area contributed by atoms with Crippen molar-refractivity contribution in [2.45, 2.75) is 38.7 Å². The van der Waals surface area contributed by atoms with E-state index >= 15 is 0 Å². The maximum Gasteiger partial charge on any atom is 0.216 e. The minimum Gasteiger partial charge on any atom is -0.473 e. The number of aliphatic imine (C=N–C) groups is 1. The maximum absolute atomic E-state index is 8.68. The Morgan fingerprint density at radius 3 is 3.25 bits per heavy atom. The minimum atomic E-state index is 0.183. The Kier molecular flexibility index (Phi) is 7.84. The molecule has 3 N–H and O–H groups in total. The van der Waals surface area contributed by atoms with E-state index in [0.717, 1.165) is 51.2 Å². The molecule has 0 spiro atoms. The van der Waals surface area contributed by atoms with Gasteiger partial charge in [-0.2, -0.15) is 5.26 Å². The minimum absolute atomic E-state index is 0.183.